The molecule has 1 nitrogen and oxygen atoms in total. The molecular weight excluding hydrogens is 196 g/mol. The molecule has 0 bridgehead atoms. The second kappa shape index (κ2) is 6.67. The lowest BCUT2D eigenvalue weighted by Gasteiger charge is -2.07. The van der Waals surface area contributed by atoms with Crippen LogP contribution in [-0.4, -0.2) is 0 Å². The molecule has 0 aromatic heterocycles. The average molecular weight is 214 g/mol. The number of hydrogen-bond acceptors (Lipinski definition) is 1. The molecule has 16 heavy (non-hydrogen) atoms. The Kier molecular flexibility index (Phi) is 5.13. The van der Waals surface area contributed by atoms with Crippen LogP contribution in [0.25, 0.3) is 0 Å². The van der Waals surface area contributed by atoms with Crippen molar-refractivity contribution in [3.8, 4) is 0 Å². The van der Waals surface area contributed by atoms with Gasteiger partial charge in [0.1, 0.15) is 12.4 Å². The van der Waals surface area contributed by atoms with Crippen molar-refractivity contribution in [2.45, 2.75) is 20.5 Å². The Labute approximate surface area is 97.8 Å². The fourth-order valence-electron chi connectivity index (χ4n) is 1.23. The molecule has 0 aliphatic carbocycles. The smallest absolute Gasteiger partial charge is 0.115 e. The van der Waals surface area contributed by atoms with Gasteiger partial charge in [-0.2, -0.15) is 0 Å². The van der Waals surface area contributed by atoms with E-state index >= 15 is 0 Å². The molecular formula is C15H18O. The molecule has 1 aromatic rings. The molecule has 0 spiro atoms. The largest absolute Gasteiger partial charge is 0.489 e. The standard InChI is InChI=1S/C15H18O/c1-4-13(3)11-15(5-2)16-12-14-9-7-6-8-10-14/h4-11H,1,12H2,2-3H3/b13-11-,15-5+. The summed E-state index contributed by atoms with van der Waals surface area (Å²) < 4.78 is 5.69. The first-order valence-corrected chi connectivity index (χ1v) is 5.40. The molecule has 0 atom stereocenters. The third kappa shape index (κ3) is 4.18. The third-order valence-corrected chi connectivity index (χ3v) is 2.22. The van der Waals surface area contributed by atoms with Crippen LogP contribution >= 0.6 is 0 Å². The fraction of sp³-hybridized carbons (Fsp3) is 0.200. The molecule has 1 rings (SSSR count). The van der Waals surface area contributed by atoms with Gasteiger partial charge >= 0.3 is 0 Å². The van der Waals surface area contributed by atoms with E-state index in [9.17, 15) is 0 Å². The van der Waals surface area contributed by atoms with Gasteiger partial charge in [0.15, 0.2) is 0 Å². The van der Waals surface area contributed by atoms with Gasteiger partial charge in [-0.3, -0.25) is 0 Å². The summed E-state index contributed by atoms with van der Waals surface area (Å²) in [6.07, 6.45) is 5.75. The molecule has 1 heteroatoms. The SMILES string of the molecule is C=C/C(C)=C\C(=C/C)OCc1ccccc1. The average Bonchev–Trinajstić information content (AvgIpc) is 2.35. The van der Waals surface area contributed by atoms with Gasteiger partial charge in [0.25, 0.3) is 0 Å². The van der Waals surface area contributed by atoms with Crippen LogP contribution in [0.3, 0.4) is 0 Å². The van der Waals surface area contributed by atoms with Gasteiger partial charge < -0.3 is 4.74 Å². The molecule has 1 aromatic carbocycles. The molecule has 0 saturated heterocycles. The summed E-state index contributed by atoms with van der Waals surface area (Å²) in [5, 5.41) is 0. The lowest BCUT2D eigenvalue weighted by Crippen LogP contribution is -1.91. The van der Waals surface area contributed by atoms with Gasteiger partial charge in [0.2, 0.25) is 0 Å². The molecule has 0 radical (unpaired) electrons. The number of benzene rings is 1. The van der Waals surface area contributed by atoms with Gasteiger partial charge in [0.05, 0.1) is 0 Å². The fourth-order valence-corrected chi connectivity index (χ4v) is 1.23. The summed E-state index contributed by atoms with van der Waals surface area (Å²) in [7, 11) is 0. The lowest BCUT2D eigenvalue weighted by atomic mass is 10.2. The van der Waals surface area contributed by atoms with Crippen LogP contribution in [0.4, 0.5) is 0 Å². The molecule has 0 heterocycles. The van der Waals surface area contributed by atoms with Crippen LogP contribution < -0.4 is 0 Å². The van der Waals surface area contributed by atoms with E-state index < -0.39 is 0 Å². The summed E-state index contributed by atoms with van der Waals surface area (Å²) in [6, 6.07) is 10.1. The quantitative estimate of drug-likeness (QED) is 0.526. The highest BCUT2D eigenvalue weighted by atomic mass is 16.5. The number of hydrogen-bond donors (Lipinski definition) is 0. The zero-order chi connectivity index (χ0) is 11.8. The Balaban J connectivity index is 2.57. The highest BCUT2D eigenvalue weighted by Crippen LogP contribution is 2.09. The van der Waals surface area contributed by atoms with Gasteiger partial charge in [0, 0.05) is 0 Å². The number of rotatable bonds is 5. The van der Waals surface area contributed by atoms with Crippen molar-refractivity contribution in [2.24, 2.45) is 0 Å². The number of ether oxygens (including phenoxy) is 1. The Morgan fingerprint density at radius 3 is 2.56 bits per heavy atom. The van der Waals surface area contributed by atoms with Crippen LogP contribution in [0.1, 0.15) is 19.4 Å². The molecule has 0 aliphatic rings. The molecule has 0 saturated carbocycles. The summed E-state index contributed by atoms with van der Waals surface area (Å²) in [5.74, 6) is 0.876. The van der Waals surface area contributed by atoms with Crippen molar-refractivity contribution >= 4 is 0 Å². The summed E-state index contributed by atoms with van der Waals surface area (Å²) in [5.41, 5.74) is 2.27. The zero-order valence-corrected chi connectivity index (χ0v) is 9.94. The van der Waals surface area contributed by atoms with Crippen LogP contribution in [-0.2, 0) is 11.3 Å². The normalized spacial score (nSPS) is 12.4. The third-order valence-electron chi connectivity index (χ3n) is 2.22. The van der Waals surface area contributed by atoms with Crippen molar-refractivity contribution in [3.63, 3.8) is 0 Å². The van der Waals surface area contributed by atoms with Crippen LogP contribution in [0, 0.1) is 0 Å². The van der Waals surface area contributed by atoms with Crippen molar-refractivity contribution in [1.82, 2.24) is 0 Å². The van der Waals surface area contributed by atoms with Crippen LogP contribution in [0.2, 0.25) is 0 Å². The zero-order valence-electron chi connectivity index (χ0n) is 9.94. The van der Waals surface area contributed by atoms with E-state index in [0.29, 0.717) is 6.61 Å². The van der Waals surface area contributed by atoms with E-state index in [1.54, 1.807) is 0 Å². The predicted molar refractivity (Wildman–Crippen MR) is 68.9 cm³/mol. The molecule has 0 amide bonds. The van der Waals surface area contributed by atoms with Crippen LogP contribution in [0.5, 0.6) is 0 Å². The maximum absolute atomic E-state index is 5.69. The first-order valence-electron chi connectivity index (χ1n) is 5.40. The number of allylic oxidation sites excluding steroid dienone is 4. The first kappa shape index (κ1) is 12.3. The predicted octanol–water partition coefficient (Wildman–Crippen LogP) is 4.24. The Morgan fingerprint density at radius 2 is 2.00 bits per heavy atom. The maximum atomic E-state index is 5.69. The van der Waals surface area contributed by atoms with Gasteiger partial charge in [-0.05, 0) is 37.1 Å². The van der Waals surface area contributed by atoms with Crippen molar-refractivity contribution in [2.75, 3.05) is 0 Å². The van der Waals surface area contributed by atoms with E-state index in [1.807, 2.05) is 50.3 Å². The van der Waals surface area contributed by atoms with Crippen molar-refractivity contribution in [1.29, 1.82) is 0 Å². The minimum absolute atomic E-state index is 0.599. The lowest BCUT2D eigenvalue weighted by molar-refractivity contribution is 0.210. The summed E-state index contributed by atoms with van der Waals surface area (Å²) >= 11 is 0. The topological polar surface area (TPSA) is 9.23 Å². The second-order valence-corrected chi connectivity index (χ2v) is 3.56. The van der Waals surface area contributed by atoms with E-state index in [0.717, 1.165) is 11.3 Å². The summed E-state index contributed by atoms with van der Waals surface area (Å²) in [4.78, 5) is 0. The van der Waals surface area contributed by atoms with Crippen molar-refractivity contribution < 1.29 is 4.74 Å². The highest BCUT2D eigenvalue weighted by molar-refractivity contribution is 5.24. The maximum Gasteiger partial charge on any atom is 0.115 e. The first-order chi connectivity index (χ1) is 7.76. The highest BCUT2D eigenvalue weighted by Gasteiger charge is 1.95. The minimum atomic E-state index is 0.599. The molecule has 84 valence electrons. The Hall–Kier alpha value is -1.76. The van der Waals surface area contributed by atoms with Crippen LogP contribution in [0.15, 0.2) is 66.5 Å². The van der Waals surface area contributed by atoms with Gasteiger partial charge in [-0.1, -0.05) is 43.0 Å². The van der Waals surface area contributed by atoms with Gasteiger partial charge in [-0.15, -0.1) is 0 Å². The second-order valence-electron chi connectivity index (χ2n) is 3.56. The molecule has 0 fully saturated rings. The van der Waals surface area contributed by atoms with Gasteiger partial charge in [-0.25, -0.2) is 0 Å². The summed E-state index contributed by atoms with van der Waals surface area (Å²) in [6.45, 7) is 8.28. The molecule has 0 unspecified atom stereocenters. The van der Waals surface area contributed by atoms with E-state index in [1.165, 1.54) is 5.56 Å². The van der Waals surface area contributed by atoms with E-state index in [-0.39, 0.29) is 0 Å². The van der Waals surface area contributed by atoms with Crippen molar-refractivity contribution in [3.05, 3.63) is 72.0 Å². The Morgan fingerprint density at radius 1 is 1.31 bits per heavy atom. The van der Waals surface area contributed by atoms with E-state index in [2.05, 4.69) is 18.7 Å². The minimum Gasteiger partial charge on any atom is -0.489 e. The Bertz CT molecular complexity index is 385. The molecule has 0 aliphatic heterocycles. The monoisotopic (exact) mass is 214 g/mol. The van der Waals surface area contributed by atoms with E-state index in [4.69, 9.17) is 4.74 Å². The molecule has 0 N–H and O–H groups in total.